The summed E-state index contributed by atoms with van der Waals surface area (Å²) < 4.78 is 68.5. The maximum absolute atomic E-state index is 13.1. The van der Waals surface area contributed by atoms with Crippen molar-refractivity contribution in [2.75, 3.05) is 39.6 Å². The molecule has 0 fully saturated rings. The first kappa shape index (κ1) is 98.7. The smallest absolute Gasteiger partial charge is 0.462 e. The molecule has 0 aliphatic carbocycles. The van der Waals surface area contributed by atoms with Gasteiger partial charge in [-0.3, -0.25) is 37.3 Å². The van der Waals surface area contributed by atoms with E-state index >= 15 is 0 Å². The minimum atomic E-state index is -5.00. The van der Waals surface area contributed by atoms with Crippen molar-refractivity contribution in [2.24, 2.45) is 0 Å². The summed E-state index contributed by atoms with van der Waals surface area (Å²) >= 11 is 0. The number of ether oxygens (including phenoxy) is 4. The fraction of sp³-hybridized carbons (Fsp3) is 0.647. The molecule has 0 aliphatic heterocycles. The highest BCUT2D eigenvalue weighted by atomic mass is 31.2. The van der Waals surface area contributed by atoms with Crippen LogP contribution in [-0.2, 0) is 65.4 Å². The van der Waals surface area contributed by atoms with Crippen molar-refractivity contribution in [3.05, 3.63) is 158 Å². The zero-order chi connectivity index (χ0) is 76.0. The number of phosphoric acid groups is 2. The van der Waals surface area contributed by atoms with E-state index in [4.69, 9.17) is 37.0 Å². The van der Waals surface area contributed by atoms with Crippen LogP contribution in [0.25, 0.3) is 0 Å². The predicted molar refractivity (Wildman–Crippen MR) is 427 cm³/mol. The normalized spacial score (nSPS) is 14.7. The molecule has 0 aliphatic rings. The molecular formula is C85H140O17P2. The van der Waals surface area contributed by atoms with Gasteiger partial charge in [-0.25, -0.2) is 9.13 Å². The monoisotopic (exact) mass is 1490 g/mol. The highest BCUT2D eigenvalue weighted by Crippen LogP contribution is 2.45. The lowest BCUT2D eigenvalue weighted by Gasteiger charge is -2.21. The van der Waals surface area contributed by atoms with E-state index in [2.05, 4.69) is 186 Å². The van der Waals surface area contributed by atoms with Crippen molar-refractivity contribution < 1.29 is 80.2 Å². The number of unbranched alkanes of at least 4 members (excludes halogenated alkanes) is 21. The second-order valence-corrected chi connectivity index (χ2v) is 28.8. The Bertz CT molecular complexity index is 2590. The second-order valence-electron chi connectivity index (χ2n) is 25.9. The average Bonchev–Trinajstić information content (AvgIpc) is 0.939. The van der Waals surface area contributed by atoms with Gasteiger partial charge in [0, 0.05) is 25.7 Å². The summed E-state index contributed by atoms with van der Waals surface area (Å²) in [4.78, 5) is 73.0. The number of carbonyl (C=O) groups excluding carboxylic acids is 4. The van der Waals surface area contributed by atoms with Crippen LogP contribution >= 0.6 is 15.6 Å². The maximum atomic E-state index is 13.1. The van der Waals surface area contributed by atoms with Crippen molar-refractivity contribution in [1.82, 2.24) is 0 Å². The molecule has 0 heterocycles. The number of phosphoric ester groups is 2. The summed E-state index contributed by atoms with van der Waals surface area (Å²) in [5.41, 5.74) is 0. The summed E-state index contributed by atoms with van der Waals surface area (Å²) in [6, 6.07) is 0. The Labute approximate surface area is 629 Å². The third-order valence-corrected chi connectivity index (χ3v) is 17.8. The Kier molecular flexibility index (Phi) is 72.0. The predicted octanol–water partition coefficient (Wildman–Crippen LogP) is 23.2. The first-order chi connectivity index (χ1) is 50.7. The van der Waals surface area contributed by atoms with Crippen LogP contribution in [-0.4, -0.2) is 96.7 Å². The molecule has 3 N–H and O–H groups in total. The molecular weight excluding hydrogens is 1350 g/mol. The highest BCUT2D eigenvalue weighted by Gasteiger charge is 2.30. The number of aliphatic hydroxyl groups excluding tert-OH is 1. The van der Waals surface area contributed by atoms with Crippen LogP contribution in [0.4, 0.5) is 0 Å². The number of esters is 4. The number of carbonyl (C=O) groups is 4. The molecule has 5 unspecified atom stereocenters. The van der Waals surface area contributed by atoms with Crippen LogP contribution in [0.5, 0.6) is 0 Å². The summed E-state index contributed by atoms with van der Waals surface area (Å²) in [7, 11) is -9.99. The lowest BCUT2D eigenvalue weighted by molar-refractivity contribution is -0.161. The fourth-order valence-electron chi connectivity index (χ4n) is 9.95. The van der Waals surface area contributed by atoms with Crippen LogP contribution in [0.2, 0.25) is 0 Å². The number of aliphatic hydroxyl groups is 1. The van der Waals surface area contributed by atoms with E-state index in [9.17, 15) is 43.2 Å². The molecule has 104 heavy (non-hydrogen) atoms. The van der Waals surface area contributed by atoms with Gasteiger partial charge in [-0.2, -0.15) is 0 Å². The van der Waals surface area contributed by atoms with Gasteiger partial charge in [0.05, 0.1) is 26.4 Å². The van der Waals surface area contributed by atoms with E-state index in [-0.39, 0.29) is 25.7 Å². The first-order valence-corrected chi connectivity index (χ1v) is 42.7. The zero-order valence-corrected chi connectivity index (χ0v) is 66.4. The topological polar surface area (TPSA) is 237 Å². The van der Waals surface area contributed by atoms with Crippen LogP contribution in [0, 0.1) is 0 Å². The standard InChI is InChI=1S/C85H140O17P2/c1-5-9-13-17-21-25-29-33-36-38-39-41-44-47-50-54-58-62-66-70-83(88)95-75-80(101-84(89)71-67-63-59-55-51-45-32-28-24-20-16-12-8-4)77-99-103(91,92)97-73-79(86)74-98-104(93,94)100-78-81(102-85(90)72-68-64-60-56-52-48-42-35-31-27-23-19-15-11-7-3)76-96-82(87)69-65-61-57-53-49-46-43-40-37-34-30-26-22-18-14-10-6-2/h9-10,13-14,16,20-23,25-28,32-37,39,41-43,46-47,50,79-81,86H,5-8,11-12,15,17-19,24,29-31,38,40,44-45,48-49,51-78H2,1-4H3,(H,91,92)(H,93,94)/b13-9-,14-10-,20-16-,25-21-,26-22-,27-23-,32-28-,36-33-,37-34-,41-39-,42-35-,46-43-,50-47-. The summed E-state index contributed by atoms with van der Waals surface area (Å²) in [5.74, 6) is -2.28. The van der Waals surface area contributed by atoms with Crippen LogP contribution in [0.15, 0.2) is 158 Å². The second kappa shape index (κ2) is 75.9. The van der Waals surface area contributed by atoms with Gasteiger partial charge in [0.1, 0.15) is 19.3 Å². The van der Waals surface area contributed by atoms with Crippen LogP contribution in [0.3, 0.4) is 0 Å². The van der Waals surface area contributed by atoms with Gasteiger partial charge in [0.25, 0.3) is 0 Å². The van der Waals surface area contributed by atoms with Gasteiger partial charge in [-0.05, 0) is 167 Å². The maximum Gasteiger partial charge on any atom is 0.472 e. The molecule has 0 saturated heterocycles. The van der Waals surface area contributed by atoms with Gasteiger partial charge in [-0.1, -0.05) is 263 Å². The third-order valence-electron chi connectivity index (χ3n) is 15.9. The molecule has 0 rings (SSSR count). The summed E-state index contributed by atoms with van der Waals surface area (Å²) in [6.45, 7) is 4.45. The first-order valence-electron chi connectivity index (χ1n) is 39.7. The fourth-order valence-corrected chi connectivity index (χ4v) is 11.5. The SMILES string of the molecule is CC/C=C\C/C=C\C/C=C\C/C=C\C/C=C\CCCCCC(=O)OCC(COP(=O)(O)OCC(O)COP(=O)(O)OCC(COC(=O)CCCCCC/C=C\C/C=C\C/C=C\C/C=C\CC)OC(=O)CCCCCCC/C=C\C/C=C\CCCCC)OC(=O)CCCCCCC/C=C\C/C=C\CCC. The lowest BCUT2D eigenvalue weighted by atomic mass is 10.1. The molecule has 5 atom stereocenters. The molecule has 592 valence electrons. The van der Waals surface area contributed by atoms with Crippen molar-refractivity contribution >= 4 is 39.5 Å². The minimum Gasteiger partial charge on any atom is -0.462 e. The Morgan fingerprint density at radius 3 is 0.817 bits per heavy atom. The van der Waals surface area contributed by atoms with E-state index in [1.807, 2.05) is 0 Å². The number of hydrogen-bond acceptors (Lipinski definition) is 15. The quantitative estimate of drug-likeness (QED) is 0.0169. The Hall–Kier alpha value is -5.32. The van der Waals surface area contributed by atoms with E-state index in [0.717, 1.165) is 199 Å². The van der Waals surface area contributed by atoms with E-state index in [0.29, 0.717) is 25.7 Å². The Balaban J connectivity index is 5.43. The molecule has 0 aromatic carbocycles. The molecule has 17 nitrogen and oxygen atoms in total. The van der Waals surface area contributed by atoms with Crippen molar-refractivity contribution in [3.63, 3.8) is 0 Å². The molecule has 0 spiro atoms. The number of allylic oxidation sites excluding steroid dienone is 26. The minimum absolute atomic E-state index is 0.0653. The molecule has 0 aromatic heterocycles. The molecule has 0 saturated carbocycles. The van der Waals surface area contributed by atoms with Gasteiger partial charge in [0.2, 0.25) is 0 Å². The van der Waals surface area contributed by atoms with Crippen molar-refractivity contribution in [2.45, 2.75) is 316 Å². The van der Waals surface area contributed by atoms with Crippen molar-refractivity contribution in [1.29, 1.82) is 0 Å². The average molecular weight is 1500 g/mol. The largest absolute Gasteiger partial charge is 0.472 e. The molecule has 0 bridgehead atoms. The Morgan fingerprint density at radius 2 is 0.519 bits per heavy atom. The van der Waals surface area contributed by atoms with Gasteiger partial charge in [-0.15, -0.1) is 0 Å². The van der Waals surface area contributed by atoms with E-state index < -0.39 is 97.5 Å². The molecule has 19 heteroatoms. The van der Waals surface area contributed by atoms with E-state index in [1.165, 1.54) is 19.3 Å². The van der Waals surface area contributed by atoms with Gasteiger partial charge >= 0.3 is 39.5 Å². The van der Waals surface area contributed by atoms with E-state index in [1.54, 1.807) is 0 Å². The molecule has 0 aromatic rings. The van der Waals surface area contributed by atoms with Gasteiger partial charge in [0.15, 0.2) is 12.2 Å². The summed E-state index contributed by atoms with van der Waals surface area (Å²) in [5, 5.41) is 10.6. The molecule has 0 amide bonds. The highest BCUT2D eigenvalue weighted by molar-refractivity contribution is 7.47. The lowest BCUT2D eigenvalue weighted by Crippen LogP contribution is -2.30. The number of rotatable bonds is 73. The third kappa shape index (κ3) is 74.9. The van der Waals surface area contributed by atoms with Crippen LogP contribution in [0.1, 0.15) is 297 Å². The van der Waals surface area contributed by atoms with Crippen molar-refractivity contribution in [3.8, 4) is 0 Å². The molecule has 0 radical (unpaired) electrons. The van der Waals surface area contributed by atoms with Crippen LogP contribution < -0.4 is 0 Å². The summed E-state index contributed by atoms with van der Waals surface area (Å²) in [6.07, 6.45) is 87.9. The zero-order valence-electron chi connectivity index (χ0n) is 64.6. The number of hydrogen-bond donors (Lipinski definition) is 3. The Morgan fingerprint density at radius 1 is 0.279 bits per heavy atom. The van der Waals surface area contributed by atoms with Gasteiger partial charge < -0.3 is 33.8 Å².